The molecule has 1 aromatic rings. The van der Waals surface area contributed by atoms with Gasteiger partial charge in [-0.1, -0.05) is 0 Å². The number of carboxylic acids is 1. The van der Waals surface area contributed by atoms with Crippen molar-refractivity contribution in [3.05, 3.63) is 28.2 Å². The average molecular weight is 365 g/mol. The highest BCUT2D eigenvalue weighted by atomic mass is 79.9. The third-order valence-electron chi connectivity index (χ3n) is 2.66. The standard InChI is InChI=1S/C13H15BrF2N2O3/c1-7(3-2-4-12(19)20)17-13(21)18-11-6-9(15)8(14)5-10(11)16/h5-7H,2-4H2,1H3,(H,19,20)(H2,17,18,21). The Hall–Kier alpha value is -1.70. The third-order valence-corrected chi connectivity index (χ3v) is 3.27. The Morgan fingerprint density at radius 2 is 2.00 bits per heavy atom. The van der Waals surface area contributed by atoms with Gasteiger partial charge in [-0.05, 0) is 41.8 Å². The first-order valence-corrected chi connectivity index (χ1v) is 7.02. The van der Waals surface area contributed by atoms with Gasteiger partial charge in [0, 0.05) is 18.5 Å². The number of hydrogen-bond donors (Lipinski definition) is 3. The number of amides is 2. The lowest BCUT2D eigenvalue weighted by Gasteiger charge is -2.14. The quantitative estimate of drug-likeness (QED) is 0.676. The van der Waals surface area contributed by atoms with Crippen molar-refractivity contribution in [2.75, 3.05) is 5.32 Å². The molecule has 0 saturated carbocycles. The van der Waals surface area contributed by atoms with Gasteiger partial charge in [0.2, 0.25) is 0 Å². The predicted octanol–water partition coefficient (Wildman–Crippen LogP) is 3.49. The topological polar surface area (TPSA) is 78.4 Å². The lowest BCUT2D eigenvalue weighted by Crippen LogP contribution is -2.36. The largest absolute Gasteiger partial charge is 0.481 e. The SMILES string of the molecule is CC(CCCC(=O)O)NC(=O)Nc1cc(F)c(Br)cc1F. The van der Waals surface area contributed by atoms with Gasteiger partial charge < -0.3 is 15.7 Å². The van der Waals surface area contributed by atoms with E-state index in [0.717, 1.165) is 12.1 Å². The van der Waals surface area contributed by atoms with Gasteiger partial charge in [0.15, 0.2) is 0 Å². The smallest absolute Gasteiger partial charge is 0.319 e. The van der Waals surface area contributed by atoms with E-state index in [1.54, 1.807) is 6.92 Å². The first-order chi connectivity index (χ1) is 9.79. The zero-order valence-corrected chi connectivity index (χ0v) is 12.8. The van der Waals surface area contributed by atoms with Gasteiger partial charge >= 0.3 is 12.0 Å². The summed E-state index contributed by atoms with van der Waals surface area (Å²) in [6.45, 7) is 1.69. The molecule has 116 valence electrons. The molecule has 1 aromatic carbocycles. The van der Waals surface area contributed by atoms with E-state index in [1.807, 2.05) is 0 Å². The van der Waals surface area contributed by atoms with Crippen LogP contribution >= 0.6 is 15.9 Å². The normalized spacial score (nSPS) is 11.8. The molecule has 0 aliphatic heterocycles. The van der Waals surface area contributed by atoms with Crippen molar-refractivity contribution in [2.45, 2.75) is 32.2 Å². The number of aliphatic carboxylic acids is 1. The second kappa shape index (κ2) is 7.92. The molecule has 1 rings (SSSR count). The Labute approximate surface area is 128 Å². The maximum absolute atomic E-state index is 13.5. The average Bonchev–Trinajstić information content (AvgIpc) is 2.35. The molecular formula is C13H15BrF2N2O3. The number of urea groups is 1. The van der Waals surface area contributed by atoms with Gasteiger partial charge in [-0.2, -0.15) is 0 Å². The number of nitrogens with one attached hydrogen (secondary N) is 2. The number of halogens is 3. The van der Waals surface area contributed by atoms with Crippen molar-refractivity contribution in [1.29, 1.82) is 0 Å². The predicted molar refractivity (Wildman–Crippen MR) is 77.2 cm³/mol. The van der Waals surface area contributed by atoms with Crippen LogP contribution in [0.2, 0.25) is 0 Å². The molecule has 3 N–H and O–H groups in total. The number of carbonyl (C=O) groups excluding carboxylic acids is 1. The van der Waals surface area contributed by atoms with E-state index < -0.39 is 23.6 Å². The van der Waals surface area contributed by atoms with E-state index in [4.69, 9.17) is 5.11 Å². The van der Waals surface area contributed by atoms with Crippen LogP contribution in [0.15, 0.2) is 16.6 Å². The minimum Gasteiger partial charge on any atom is -0.481 e. The number of carbonyl (C=O) groups is 2. The van der Waals surface area contributed by atoms with E-state index in [-0.39, 0.29) is 22.6 Å². The maximum atomic E-state index is 13.5. The maximum Gasteiger partial charge on any atom is 0.319 e. The first-order valence-electron chi connectivity index (χ1n) is 6.23. The van der Waals surface area contributed by atoms with Gasteiger partial charge in [0.05, 0.1) is 10.2 Å². The molecule has 0 heterocycles. The lowest BCUT2D eigenvalue weighted by atomic mass is 10.1. The van der Waals surface area contributed by atoms with Crippen LogP contribution < -0.4 is 10.6 Å². The summed E-state index contributed by atoms with van der Waals surface area (Å²) < 4.78 is 26.8. The molecule has 8 heteroatoms. The highest BCUT2D eigenvalue weighted by Gasteiger charge is 2.13. The summed E-state index contributed by atoms with van der Waals surface area (Å²) in [7, 11) is 0. The molecule has 0 aliphatic carbocycles. The summed E-state index contributed by atoms with van der Waals surface area (Å²) in [6, 6.07) is 0.821. The van der Waals surface area contributed by atoms with Crippen LogP contribution in [-0.4, -0.2) is 23.1 Å². The van der Waals surface area contributed by atoms with Crippen LogP contribution in [0.1, 0.15) is 26.2 Å². The van der Waals surface area contributed by atoms with Gasteiger partial charge in [-0.15, -0.1) is 0 Å². The summed E-state index contributed by atoms with van der Waals surface area (Å²) in [5.74, 6) is -2.36. The Bertz CT molecular complexity index is 540. The number of hydrogen-bond acceptors (Lipinski definition) is 2. The van der Waals surface area contributed by atoms with E-state index in [2.05, 4.69) is 26.6 Å². The summed E-state index contributed by atoms with van der Waals surface area (Å²) in [6.07, 6.45) is 0.898. The fourth-order valence-corrected chi connectivity index (χ4v) is 1.95. The third kappa shape index (κ3) is 6.07. The summed E-state index contributed by atoms with van der Waals surface area (Å²) in [5.41, 5.74) is -0.272. The molecule has 0 spiro atoms. The molecule has 0 saturated heterocycles. The van der Waals surface area contributed by atoms with Crippen molar-refractivity contribution in [1.82, 2.24) is 5.32 Å². The van der Waals surface area contributed by atoms with Crippen LogP contribution in [0.4, 0.5) is 19.3 Å². The molecule has 0 aliphatic rings. The van der Waals surface area contributed by atoms with Crippen LogP contribution in [0.3, 0.4) is 0 Å². The van der Waals surface area contributed by atoms with Crippen molar-refractivity contribution in [2.24, 2.45) is 0 Å². The summed E-state index contributed by atoms with van der Waals surface area (Å²) in [5, 5.41) is 13.2. The van der Waals surface area contributed by atoms with Crippen LogP contribution in [0.5, 0.6) is 0 Å². The number of rotatable bonds is 6. The zero-order valence-electron chi connectivity index (χ0n) is 11.3. The molecule has 0 radical (unpaired) electrons. The van der Waals surface area contributed by atoms with Crippen molar-refractivity contribution in [3.8, 4) is 0 Å². The second-order valence-corrected chi connectivity index (χ2v) is 5.39. The Kier molecular flexibility index (Phi) is 6.54. The monoisotopic (exact) mass is 364 g/mol. The molecule has 5 nitrogen and oxygen atoms in total. The van der Waals surface area contributed by atoms with Gasteiger partial charge in [0.25, 0.3) is 0 Å². The molecule has 1 atom stereocenters. The van der Waals surface area contributed by atoms with Gasteiger partial charge in [-0.25, -0.2) is 13.6 Å². The number of anilines is 1. The van der Waals surface area contributed by atoms with Gasteiger partial charge in [0.1, 0.15) is 11.6 Å². The lowest BCUT2D eigenvalue weighted by molar-refractivity contribution is -0.137. The van der Waals surface area contributed by atoms with Crippen molar-refractivity contribution in [3.63, 3.8) is 0 Å². The van der Waals surface area contributed by atoms with E-state index in [1.165, 1.54) is 0 Å². The summed E-state index contributed by atoms with van der Waals surface area (Å²) in [4.78, 5) is 22.0. The molecular weight excluding hydrogens is 350 g/mol. The fourth-order valence-electron chi connectivity index (χ4n) is 1.63. The Morgan fingerprint density at radius 3 is 2.62 bits per heavy atom. The zero-order chi connectivity index (χ0) is 16.0. The van der Waals surface area contributed by atoms with Crippen LogP contribution in [-0.2, 0) is 4.79 Å². The van der Waals surface area contributed by atoms with Crippen LogP contribution in [0, 0.1) is 11.6 Å². The van der Waals surface area contributed by atoms with Crippen LogP contribution in [0.25, 0.3) is 0 Å². The van der Waals surface area contributed by atoms with Crippen molar-refractivity contribution < 1.29 is 23.5 Å². The Balaban J connectivity index is 2.50. The molecule has 21 heavy (non-hydrogen) atoms. The van der Waals surface area contributed by atoms with E-state index in [0.29, 0.717) is 12.8 Å². The number of carboxylic acid groups (broad SMARTS) is 1. The number of benzene rings is 1. The van der Waals surface area contributed by atoms with E-state index >= 15 is 0 Å². The van der Waals surface area contributed by atoms with Gasteiger partial charge in [-0.3, -0.25) is 4.79 Å². The van der Waals surface area contributed by atoms with E-state index in [9.17, 15) is 18.4 Å². The molecule has 0 aromatic heterocycles. The molecule has 0 bridgehead atoms. The second-order valence-electron chi connectivity index (χ2n) is 4.53. The molecule has 2 amide bonds. The summed E-state index contributed by atoms with van der Waals surface area (Å²) >= 11 is 2.84. The molecule has 0 fully saturated rings. The highest BCUT2D eigenvalue weighted by Crippen LogP contribution is 2.23. The first kappa shape index (κ1) is 17.4. The minimum absolute atomic E-state index is 0.0141. The molecule has 1 unspecified atom stereocenters. The minimum atomic E-state index is -0.904. The Morgan fingerprint density at radius 1 is 1.33 bits per heavy atom. The van der Waals surface area contributed by atoms with Crippen molar-refractivity contribution >= 4 is 33.6 Å². The highest BCUT2D eigenvalue weighted by molar-refractivity contribution is 9.10. The fraction of sp³-hybridized carbons (Fsp3) is 0.385.